The highest BCUT2D eigenvalue weighted by Gasteiger charge is 2.39. The Bertz CT molecular complexity index is 1010. The third-order valence-corrected chi connectivity index (χ3v) is 7.13. The van der Waals surface area contributed by atoms with E-state index in [1.165, 1.54) is 24.8 Å². The molecule has 0 bridgehead atoms. The standard InChI is InChI=1S/C27H36N4O/c1-17(2)11-20-13-23(14-20)27-30-29-26(31(27)24-7-8-24)22(9-10-28)16-25(32)15-21-6-5-18(3)12-19(21)4/h5-6,12,17,20,22-24H,7-9,11,13-16H2,1-4H3/t20?,22-,23?/m1/s1. The minimum atomic E-state index is -0.174. The molecule has 5 heteroatoms. The van der Waals surface area contributed by atoms with Crippen LogP contribution >= 0.6 is 0 Å². The molecule has 1 heterocycles. The van der Waals surface area contributed by atoms with Crippen molar-refractivity contribution in [3.8, 4) is 6.07 Å². The van der Waals surface area contributed by atoms with E-state index in [9.17, 15) is 10.1 Å². The van der Waals surface area contributed by atoms with E-state index < -0.39 is 0 Å². The molecule has 0 unspecified atom stereocenters. The predicted octanol–water partition coefficient (Wildman–Crippen LogP) is 5.97. The molecule has 2 fully saturated rings. The van der Waals surface area contributed by atoms with Crippen molar-refractivity contribution in [3.63, 3.8) is 0 Å². The van der Waals surface area contributed by atoms with Crippen LogP contribution < -0.4 is 0 Å². The van der Waals surface area contributed by atoms with Gasteiger partial charge in [0.1, 0.15) is 17.4 Å². The normalized spacial score (nSPS) is 21.2. The molecule has 0 amide bonds. The number of carbonyl (C=O) groups is 1. The molecule has 0 N–H and O–H groups in total. The van der Waals surface area contributed by atoms with Crippen LogP contribution in [-0.2, 0) is 11.2 Å². The van der Waals surface area contributed by atoms with Gasteiger partial charge in [-0.15, -0.1) is 10.2 Å². The van der Waals surface area contributed by atoms with Crippen LogP contribution in [0.5, 0.6) is 0 Å². The molecular weight excluding hydrogens is 396 g/mol. The molecule has 2 aliphatic carbocycles. The van der Waals surface area contributed by atoms with Crippen molar-refractivity contribution in [2.45, 2.75) is 96.9 Å². The monoisotopic (exact) mass is 432 g/mol. The Hall–Kier alpha value is -2.48. The molecule has 5 nitrogen and oxygen atoms in total. The molecule has 32 heavy (non-hydrogen) atoms. The van der Waals surface area contributed by atoms with Gasteiger partial charge in [-0.05, 0) is 68.9 Å². The number of ketones is 1. The molecule has 1 aromatic heterocycles. The minimum Gasteiger partial charge on any atom is -0.311 e. The van der Waals surface area contributed by atoms with Crippen molar-refractivity contribution >= 4 is 5.78 Å². The van der Waals surface area contributed by atoms with Gasteiger partial charge in [0.05, 0.1) is 6.07 Å². The van der Waals surface area contributed by atoms with Gasteiger partial charge >= 0.3 is 0 Å². The molecule has 2 saturated carbocycles. The smallest absolute Gasteiger partial charge is 0.138 e. The lowest BCUT2D eigenvalue weighted by atomic mass is 9.71. The maximum absolute atomic E-state index is 13.0. The van der Waals surface area contributed by atoms with Gasteiger partial charge in [0.15, 0.2) is 0 Å². The number of rotatable bonds is 10. The first kappa shape index (κ1) is 22.7. The van der Waals surface area contributed by atoms with Crippen molar-refractivity contribution in [2.24, 2.45) is 11.8 Å². The van der Waals surface area contributed by atoms with E-state index >= 15 is 0 Å². The van der Waals surface area contributed by atoms with E-state index in [0.29, 0.717) is 31.2 Å². The van der Waals surface area contributed by atoms with Crippen LogP contribution in [0.1, 0.15) is 105 Å². The van der Waals surface area contributed by atoms with Gasteiger partial charge in [-0.25, -0.2) is 0 Å². The van der Waals surface area contributed by atoms with Crippen LogP contribution in [-0.4, -0.2) is 20.5 Å². The fourth-order valence-electron chi connectivity index (χ4n) is 5.35. The lowest BCUT2D eigenvalue weighted by Crippen LogP contribution is -2.26. The third-order valence-electron chi connectivity index (χ3n) is 7.13. The van der Waals surface area contributed by atoms with Crippen LogP contribution in [0.3, 0.4) is 0 Å². The SMILES string of the molecule is Cc1ccc(CC(=O)C[C@@H](CC#N)c2nnc(C3CC(CC(C)C)C3)n2C2CC2)c(C)c1. The fraction of sp³-hybridized carbons (Fsp3) is 0.630. The fourth-order valence-corrected chi connectivity index (χ4v) is 5.35. The quantitative estimate of drug-likeness (QED) is 0.464. The lowest BCUT2D eigenvalue weighted by molar-refractivity contribution is -0.118. The highest BCUT2D eigenvalue weighted by atomic mass is 16.1. The van der Waals surface area contributed by atoms with Gasteiger partial charge in [0, 0.05) is 37.1 Å². The molecule has 2 aromatic rings. The Morgan fingerprint density at radius 2 is 1.97 bits per heavy atom. The zero-order chi connectivity index (χ0) is 22.8. The number of hydrogen-bond acceptors (Lipinski definition) is 4. The number of nitrogens with zero attached hydrogens (tertiary/aromatic N) is 4. The number of nitriles is 1. The Labute approximate surface area is 192 Å². The molecule has 2 aliphatic rings. The van der Waals surface area contributed by atoms with E-state index in [1.54, 1.807) is 0 Å². The first-order valence-corrected chi connectivity index (χ1v) is 12.2. The van der Waals surface area contributed by atoms with Gasteiger partial charge in [0.25, 0.3) is 0 Å². The molecule has 0 spiro atoms. The van der Waals surface area contributed by atoms with Crippen molar-refractivity contribution in [1.82, 2.24) is 14.8 Å². The molecule has 1 aromatic carbocycles. The maximum atomic E-state index is 13.0. The first-order chi connectivity index (χ1) is 15.4. The Morgan fingerprint density at radius 1 is 1.22 bits per heavy atom. The highest BCUT2D eigenvalue weighted by Crippen LogP contribution is 2.48. The average molecular weight is 433 g/mol. The predicted molar refractivity (Wildman–Crippen MR) is 125 cm³/mol. The Kier molecular flexibility index (Phi) is 6.79. The van der Waals surface area contributed by atoms with Gasteiger partial charge in [-0.2, -0.15) is 5.26 Å². The van der Waals surface area contributed by atoms with Gasteiger partial charge in [0.2, 0.25) is 0 Å². The largest absolute Gasteiger partial charge is 0.311 e. The van der Waals surface area contributed by atoms with E-state index in [1.807, 2.05) is 0 Å². The summed E-state index contributed by atoms with van der Waals surface area (Å²) >= 11 is 0. The number of Topliss-reactive ketones (excluding diaryl/α,β-unsaturated/α-hetero) is 1. The summed E-state index contributed by atoms with van der Waals surface area (Å²) < 4.78 is 2.32. The maximum Gasteiger partial charge on any atom is 0.138 e. The highest BCUT2D eigenvalue weighted by molar-refractivity contribution is 5.82. The van der Waals surface area contributed by atoms with Crippen molar-refractivity contribution < 1.29 is 4.79 Å². The number of benzene rings is 1. The summed E-state index contributed by atoms with van der Waals surface area (Å²) in [6, 6.07) is 8.99. The van der Waals surface area contributed by atoms with Gasteiger partial charge in [-0.1, -0.05) is 37.6 Å². The van der Waals surface area contributed by atoms with E-state index in [0.717, 1.165) is 47.5 Å². The van der Waals surface area contributed by atoms with Crippen molar-refractivity contribution in [2.75, 3.05) is 0 Å². The summed E-state index contributed by atoms with van der Waals surface area (Å²) in [4.78, 5) is 13.0. The van der Waals surface area contributed by atoms with E-state index in [2.05, 4.69) is 66.7 Å². The molecule has 0 saturated heterocycles. The molecule has 0 aliphatic heterocycles. The van der Waals surface area contributed by atoms with Crippen LogP contribution in [0.2, 0.25) is 0 Å². The summed E-state index contributed by atoms with van der Waals surface area (Å²) in [5, 5.41) is 18.7. The van der Waals surface area contributed by atoms with Crippen LogP contribution in [0.25, 0.3) is 0 Å². The summed E-state index contributed by atoms with van der Waals surface area (Å²) in [7, 11) is 0. The van der Waals surface area contributed by atoms with Gasteiger partial charge in [-0.3, -0.25) is 4.79 Å². The van der Waals surface area contributed by atoms with Gasteiger partial charge < -0.3 is 4.57 Å². The second kappa shape index (κ2) is 9.57. The Balaban J connectivity index is 1.49. The zero-order valence-electron chi connectivity index (χ0n) is 20.0. The molecule has 0 radical (unpaired) electrons. The molecule has 1 atom stereocenters. The summed E-state index contributed by atoms with van der Waals surface area (Å²) in [5.74, 6) is 3.98. The molecular formula is C27H36N4O. The average Bonchev–Trinajstić information content (AvgIpc) is 3.45. The second-order valence-electron chi connectivity index (χ2n) is 10.6. The summed E-state index contributed by atoms with van der Waals surface area (Å²) in [6.07, 6.45) is 7.04. The van der Waals surface area contributed by atoms with Crippen LogP contribution in [0.15, 0.2) is 18.2 Å². The van der Waals surface area contributed by atoms with Crippen LogP contribution in [0, 0.1) is 37.0 Å². The van der Waals surface area contributed by atoms with E-state index in [-0.39, 0.29) is 11.7 Å². The Morgan fingerprint density at radius 3 is 2.59 bits per heavy atom. The van der Waals surface area contributed by atoms with E-state index in [4.69, 9.17) is 0 Å². The number of hydrogen-bond donors (Lipinski definition) is 0. The topological polar surface area (TPSA) is 71.6 Å². The lowest BCUT2D eigenvalue weighted by Gasteiger charge is -2.36. The van der Waals surface area contributed by atoms with Crippen molar-refractivity contribution in [1.29, 1.82) is 5.26 Å². The van der Waals surface area contributed by atoms with Crippen molar-refractivity contribution in [3.05, 3.63) is 46.5 Å². The first-order valence-electron chi connectivity index (χ1n) is 12.2. The second-order valence-corrected chi connectivity index (χ2v) is 10.6. The molecule has 4 rings (SSSR count). The third kappa shape index (κ3) is 5.11. The summed E-state index contributed by atoms with van der Waals surface area (Å²) in [6.45, 7) is 8.71. The van der Waals surface area contributed by atoms with Crippen LogP contribution in [0.4, 0.5) is 0 Å². The number of aryl methyl sites for hydroxylation is 2. The number of aromatic nitrogens is 3. The number of carbonyl (C=O) groups excluding carboxylic acids is 1. The minimum absolute atomic E-state index is 0.171. The zero-order valence-corrected chi connectivity index (χ0v) is 20.0. The summed E-state index contributed by atoms with van der Waals surface area (Å²) in [5.41, 5.74) is 3.43. The molecule has 170 valence electrons.